The number of aryl methyl sites for hydroxylation is 1. The number of rotatable bonds is 2. The second-order valence-corrected chi connectivity index (χ2v) is 3.04. The maximum atomic E-state index is 10.4. The van der Waals surface area contributed by atoms with E-state index in [1.54, 1.807) is 6.20 Å². The standard InChI is InChI=1S/C7H7BrN2O2/c1-2-5-3-9-4-6(7(5)8)10(11)12/h3-4H,2H2,1H3. The first-order valence-corrected chi connectivity index (χ1v) is 4.23. The van der Waals surface area contributed by atoms with Crippen molar-refractivity contribution < 1.29 is 4.92 Å². The lowest BCUT2D eigenvalue weighted by molar-refractivity contribution is -0.386. The van der Waals surface area contributed by atoms with Crippen molar-refractivity contribution in [2.75, 3.05) is 0 Å². The Hall–Kier alpha value is -0.970. The molecule has 0 fully saturated rings. The van der Waals surface area contributed by atoms with Crippen molar-refractivity contribution >= 4 is 21.6 Å². The average molecular weight is 231 g/mol. The largest absolute Gasteiger partial charge is 0.301 e. The molecule has 4 nitrogen and oxygen atoms in total. The van der Waals surface area contributed by atoms with Crippen molar-refractivity contribution in [3.63, 3.8) is 0 Å². The highest BCUT2D eigenvalue weighted by molar-refractivity contribution is 9.10. The molecule has 0 unspecified atom stereocenters. The molecule has 5 heteroatoms. The van der Waals surface area contributed by atoms with Crippen LogP contribution in [0, 0.1) is 10.1 Å². The van der Waals surface area contributed by atoms with Crippen LogP contribution in [0.3, 0.4) is 0 Å². The van der Waals surface area contributed by atoms with Crippen LogP contribution in [-0.2, 0) is 6.42 Å². The SMILES string of the molecule is CCc1cncc([N+](=O)[O-])c1Br. The van der Waals surface area contributed by atoms with Crippen LogP contribution in [-0.4, -0.2) is 9.91 Å². The maximum Gasteiger partial charge on any atom is 0.301 e. The summed E-state index contributed by atoms with van der Waals surface area (Å²) in [6.07, 6.45) is 3.59. The second kappa shape index (κ2) is 3.62. The Morgan fingerprint density at radius 1 is 1.67 bits per heavy atom. The lowest BCUT2D eigenvalue weighted by Gasteiger charge is -1.99. The number of pyridine rings is 1. The molecule has 0 saturated carbocycles. The molecule has 1 rings (SSSR count). The fourth-order valence-electron chi connectivity index (χ4n) is 0.849. The summed E-state index contributed by atoms with van der Waals surface area (Å²) >= 11 is 3.16. The average Bonchev–Trinajstić information content (AvgIpc) is 2.04. The van der Waals surface area contributed by atoms with E-state index >= 15 is 0 Å². The van der Waals surface area contributed by atoms with Crippen molar-refractivity contribution in [3.05, 3.63) is 32.5 Å². The number of nitrogens with zero attached hydrogens (tertiary/aromatic N) is 2. The molecule has 64 valence electrons. The predicted molar refractivity (Wildman–Crippen MR) is 48.0 cm³/mol. The lowest BCUT2D eigenvalue weighted by Crippen LogP contribution is -1.94. The summed E-state index contributed by atoms with van der Waals surface area (Å²) < 4.78 is 0.532. The molecule has 1 heterocycles. The molecule has 0 radical (unpaired) electrons. The third-order valence-corrected chi connectivity index (χ3v) is 2.43. The fourth-order valence-corrected chi connectivity index (χ4v) is 1.48. The molecule has 0 aliphatic rings. The van der Waals surface area contributed by atoms with Gasteiger partial charge in [0.1, 0.15) is 10.7 Å². The third-order valence-electron chi connectivity index (χ3n) is 1.51. The Labute approximate surface area is 77.9 Å². The van der Waals surface area contributed by atoms with Gasteiger partial charge in [0, 0.05) is 6.20 Å². The second-order valence-electron chi connectivity index (χ2n) is 2.24. The van der Waals surface area contributed by atoms with E-state index in [1.807, 2.05) is 6.92 Å². The molecular weight excluding hydrogens is 224 g/mol. The summed E-state index contributed by atoms with van der Waals surface area (Å²) in [5, 5.41) is 10.4. The van der Waals surface area contributed by atoms with Crippen LogP contribution < -0.4 is 0 Å². The van der Waals surface area contributed by atoms with Crippen molar-refractivity contribution in [1.82, 2.24) is 4.98 Å². The van der Waals surface area contributed by atoms with Crippen LogP contribution >= 0.6 is 15.9 Å². The summed E-state index contributed by atoms with van der Waals surface area (Å²) in [5.74, 6) is 0. The smallest absolute Gasteiger partial charge is 0.258 e. The minimum atomic E-state index is -0.448. The van der Waals surface area contributed by atoms with Gasteiger partial charge < -0.3 is 0 Å². The number of aromatic nitrogens is 1. The molecule has 0 N–H and O–H groups in total. The molecule has 0 aliphatic heterocycles. The summed E-state index contributed by atoms with van der Waals surface area (Å²) in [5.41, 5.74) is 0.874. The molecule has 1 aromatic heterocycles. The van der Waals surface area contributed by atoms with Gasteiger partial charge in [-0.3, -0.25) is 15.1 Å². The van der Waals surface area contributed by atoms with E-state index in [0.717, 1.165) is 12.0 Å². The van der Waals surface area contributed by atoms with Gasteiger partial charge in [-0.15, -0.1) is 0 Å². The van der Waals surface area contributed by atoms with Crippen LogP contribution in [0.2, 0.25) is 0 Å². The van der Waals surface area contributed by atoms with Crippen molar-refractivity contribution in [2.24, 2.45) is 0 Å². The van der Waals surface area contributed by atoms with Crippen LogP contribution in [0.4, 0.5) is 5.69 Å². The quantitative estimate of drug-likeness (QED) is 0.579. The first-order valence-electron chi connectivity index (χ1n) is 3.43. The minimum absolute atomic E-state index is 0.0225. The minimum Gasteiger partial charge on any atom is -0.258 e. The summed E-state index contributed by atoms with van der Waals surface area (Å²) in [7, 11) is 0. The van der Waals surface area contributed by atoms with Gasteiger partial charge in [0.25, 0.3) is 0 Å². The normalized spacial score (nSPS) is 9.83. The Morgan fingerprint density at radius 3 is 2.83 bits per heavy atom. The van der Waals surface area contributed by atoms with Gasteiger partial charge in [0.15, 0.2) is 0 Å². The van der Waals surface area contributed by atoms with Gasteiger partial charge in [-0.25, -0.2) is 0 Å². The molecule has 0 aromatic carbocycles. The van der Waals surface area contributed by atoms with Crippen LogP contribution in [0.15, 0.2) is 16.9 Å². The van der Waals surface area contributed by atoms with E-state index in [0.29, 0.717) is 4.47 Å². The van der Waals surface area contributed by atoms with E-state index in [2.05, 4.69) is 20.9 Å². The van der Waals surface area contributed by atoms with E-state index in [9.17, 15) is 10.1 Å². The molecule has 0 bridgehead atoms. The zero-order valence-corrected chi connectivity index (χ0v) is 8.04. The Balaban J connectivity index is 3.23. The van der Waals surface area contributed by atoms with Crippen LogP contribution in [0.5, 0.6) is 0 Å². The number of hydrogen-bond acceptors (Lipinski definition) is 3. The Morgan fingerprint density at radius 2 is 2.33 bits per heavy atom. The van der Waals surface area contributed by atoms with E-state index < -0.39 is 4.92 Å². The molecular formula is C7H7BrN2O2. The molecule has 0 atom stereocenters. The lowest BCUT2D eigenvalue weighted by atomic mass is 10.2. The van der Waals surface area contributed by atoms with Crippen molar-refractivity contribution in [2.45, 2.75) is 13.3 Å². The van der Waals surface area contributed by atoms with E-state index in [-0.39, 0.29) is 5.69 Å². The van der Waals surface area contributed by atoms with Crippen LogP contribution in [0.25, 0.3) is 0 Å². The Kier molecular flexibility index (Phi) is 2.75. The highest BCUT2D eigenvalue weighted by Crippen LogP contribution is 2.26. The number of halogens is 1. The van der Waals surface area contributed by atoms with Crippen molar-refractivity contribution in [1.29, 1.82) is 0 Å². The van der Waals surface area contributed by atoms with Gasteiger partial charge in [-0.05, 0) is 27.9 Å². The summed E-state index contributed by atoms with van der Waals surface area (Å²) in [4.78, 5) is 13.7. The summed E-state index contributed by atoms with van der Waals surface area (Å²) in [6.45, 7) is 1.92. The Bertz CT molecular complexity index is 314. The van der Waals surface area contributed by atoms with E-state index in [1.165, 1.54) is 6.20 Å². The van der Waals surface area contributed by atoms with Gasteiger partial charge in [-0.2, -0.15) is 0 Å². The molecule has 0 spiro atoms. The fraction of sp³-hybridized carbons (Fsp3) is 0.286. The third kappa shape index (κ3) is 1.61. The van der Waals surface area contributed by atoms with Gasteiger partial charge in [0.05, 0.1) is 4.92 Å². The highest BCUT2D eigenvalue weighted by Gasteiger charge is 2.14. The maximum absolute atomic E-state index is 10.4. The van der Waals surface area contributed by atoms with E-state index in [4.69, 9.17) is 0 Å². The van der Waals surface area contributed by atoms with Gasteiger partial charge in [-0.1, -0.05) is 6.92 Å². The zero-order chi connectivity index (χ0) is 9.14. The first-order chi connectivity index (χ1) is 5.66. The monoisotopic (exact) mass is 230 g/mol. The van der Waals surface area contributed by atoms with Gasteiger partial charge in [0.2, 0.25) is 0 Å². The van der Waals surface area contributed by atoms with Crippen molar-refractivity contribution in [3.8, 4) is 0 Å². The molecule has 0 amide bonds. The highest BCUT2D eigenvalue weighted by atomic mass is 79.9. The number of nitro groups is 1. The van der Waals surface area contributed by atoms with Crippen LogP contribution in [0.1, 0.15) is 12.5 Å². The molecule has 0 saturated heterocycles. The predicted octanol–water partition coefficient (Wildman–Crippen LogP) is 2.31. The molecule has 12 heavy (non-hydrogen) atoms. The molecule has 1 aromatic rings. The zero-order valence-electron chi connectivity index (χ0n) is 6.45. The van der Waals surface area contributed by atoms with Gasteiger partial charge >= 0.3 is 5.69 Å². The summed E-state index contributed by atoms with van der Waals surface area (Å²) in [6, 6.07) is 0. The number of hydrogen-bond donors (Lipinski definition) is 0. The molecule has 0 aliphatic carbocycles. The first kappa shape index (κ1) is 9.12. The topological polar surface area (TPSA) is 56.0 Å².